The minimum absolute atomic E-state index is 0.000953. The molecule has 0 saturated heterocycles. The zero-order valence-electron chi connectivity index (χ0n) is 14.1. The third-order valence-electron chi connectivity index (χ3n) is 3.74. The topological polar surface area (TPSA) is 46.5 Å². The Hall–Kier alpha value is -2.55. The number of rotatable bonds is 9. The van der Waals surface area contributed by atoms with E-state index in [-0.39, 0.29) is 11.5 Å². The Morgan fingerprint density at radius 3 is 2.50 bits per heavy atom. The van der Waals surface area contributed by atoms with Gasteiger partial charge in [0, 0.05) is 0 Å². The van der Waals surface area contributed by atoms with Crippen molar-refractivity contribution in [3.05, 3.63) is 65.7 Å². The minimum atomic E-state index is -0.218. The molecule has 0 saturated carbocycles. The number of phenols is 1. The lowest BCUT2D eigenvalue weighted by Crippen LogP contribution is -1.97. The molecule has 0 aromatic heterocycles. The van der Waals surface area contributed by atoms with E-state index in [4.69, 9.17) is 4.74 Å². The molecule has 0 fully saturated rings. The van der Waals surface area contributed by atoms with E-state index in [9.17, 15) is 9.90 Å². The van der Waals surface area contributed by atoms with Gasteiger partial charge in [0.25, 0.3) is 0 Å². The summed E-state index contributed by atoms with van der Waals surface area (Å²) in [6.45, 7) is 2.93. The van der Waals surface area contributed by atoms with Crippen molar-refractivity contribution in [1.29, 1.82) is 0 Å². The maximum atomic E-state index is 12.1. The van der Waals surface area contributed by atoms with Crippen molar-refractivity contribution in [3.8, 4) is 11.5 Å². The summed E-state index contributed by atoms with van der Waals surface area (Å²) in [5.74, 6) is 0.624. The molecule has 3 heteroatoms. The Morgan fingerprint density at radius 1 is 1.04 bits per heavy atom. The van der Waals surface area contributed by atoms with E-state index < -0.39 is 0 Å². The van der Waals surface area contributed by atoms with Crippen LogP contribution in [0.4, 0.5) is 0 Å². The number of aromatic hydroxyl groups is 1. The fourth-order valence-electron chi connectivity index (χ4n) is 2.34. The first-order valence-corrected chi connectivity index (χ1v) is 8.44. The first-order valence-electron chi connectivity index (χ1n) is 8.44. The molecule has 126 valence electrons. The van der Waals surface area contributed by atoms with Crippen LogP contribution in [0.1, 0.15) is 48.5 Å². The molecule has 2 aromatic rings. The van der Waals surface area contributed by atoms with E-state index in [0.717, 1.165) is 24.3 Å². The van der Waals surface area contributed by atoms with Gasteiger partial charge in [-0.05, 0) is 42.3 Å². The van der Waals surface area contributed by atoms with Crippen molar-refractivity contribution >= 4 is 11.9 Å². The standard InChI is InChI=1S/C21H24O3/c1-2-3-4-7-16-24-18-13-10-17(11-14-18)12-15-21(23)19-8-5-6-9-20(19)22/h5-6,8-15,22H,2-4,7,16H2,1H3/b15-12+. The molecule has 24 heavy (non-hydrogen) atoms. The highest BCUT2D eigenvalue weighted by Crippen LogP contribution is 2.18. The lowest BCUT2D eigenvalue weighted by Gasteiger charge is -2.06. The van der Waals surface area contributed by atoms with Crippen molar-refractivity contribution in [2.24, 2.45) is 0 Å². The highest BCUT2D eigenvalue weighted by atomic mass is 16.5. The van der Waals surface area contributed by atoms with E-state index in [0.29, 0.717) is 5.56 Å². The largest absolute Gasteiger partial charge is 0.507 e. The van der Waals surface area contributed by atoms with Gasteiger partial charge >= 0.3 is 0 Å². The molecule has 0 aliphatic heterocycles. The number of ether oxygens (including phenoxy) is 1. The van der Waals surface area contributed by atoms with Gasteiger partial charge in [0.15, 0.2) is 5.78 Å². The fraction of sp³-hybridized carbons (Fsp3) is 0.286. The van der Waals surface area contributed by atoms with Crippen molar-refractivity contribution in [1.82, 2.24) is 0 Å². The second-order valence-corrected chi connectivity index (χ2v) is 5.69. The quantitative estimate of drug-likeness (QED) is 0.389. The third kappa shape index (κ3) is 5.58. The second-order valence-electron chi connectivity index (χ2n) is 5.69. The van der Waals surface area contributed by atoms with Gasteiger partial charge in [0.1, 0.15) is 11.5 Å². The number of para-hydroxylation sites is 1. The Bertz CT molecular complexity index is 672. The number of carbonyl (C=O) groups is 1. The predicted octanol–water partition coefficient (Wildman–Crippen LogP) is 5.25. The van der Waals surface area contributed by atoms with Crippen LogP contribution in [0.2, 0.25) is 0 Å². The van der Waals surface area contributed by atoms with Crippen LogP contribution >= 0.6 is 0 Å². The average Bonchev–Trinajstić information content (AvgIpc) is 2.61. The molecule has 0 atom stereocenters. The Balaban J connectivity index is 1.87. The first-order chi connectivity index (χ1) is 11.7. The van der Waals surface area contributed by atoms with E-state index in [1.807, 2.05) is 24.3 Å². The maximum Gasteiger partial charge on any atom is 0.189 e. The molecule has 0 amide bonds. The molecule has 1 N–H and O–H groups in total. The zero-order chi connectivity index (χ0) is 17.2. The summed E-state index contributed by atoms with van der Waals surface area (Å²) in [6, 6.07) is 14.2. The molecule has 2 rings (SSSR count). The Labute approximate surface area is 143 Å². The van der Waals surface area contributed by atoms with Crippen molar-refractivity contribution in [3.63, 3.8) is 0 Å². The van der Waals surface area contributed by atoms with Crippen LogP contribution in [-0.4, -0.2) is 17.5 Å². The summed E-state index contributed by atoms with van der Waals surface area (Å²) in [4.78, 5) is 12.1. The predicted molar refractivity (Wildman–Crippen MR) is 97.6 cm³/mol. The molecule has 0 aliphatic carbocycles. The number of benzene rings is 2. The van der Waals surface area contributed by atoms with Gasteiger partial charge in [0.2, 0.25) is 0 Å². The SMILES string of the molecule is CCCCCCOc1ccc(/C=C/C(=O)c2ccccc2O)cc1. The van der Waals surface area contributed by atoms with Crippen LogP contribution < -0.4 is 4.74 Å². The highest BCUT2D eigenvalue weighted by molar-refractivity contribution is 6.08. The number of hydrogen-bond donors (Lipinski definition) is 1. The van der Waals surface area contributed by atoms with E-state index >= 15 is 0 Å². The molecule has 2 aromatic carbocycles. The van der Waals surface area contributed by atoms with Gasteiger partial charge < -0.3 is 9.84 Å². The maximum absolute atomic E-state index is 12.1. The van der Waals surface area contributed by atoms with Crippen LogP contribution in [-0.2, 0) is 0 Å². The number of ketones is 1. The highest BCUT2D eigenvalue weighted by Gasteiger charge is 2.06. The van der Waals surface area contributed by atoms with E-state index in [1.54, 1.807) is 24.3 Å². The van der Waals surface area contributed by atoms with E-state index in [2.05, 4.69) is 6.92 Å². The summed E-state index contributed by atoms with van der Waals surface area (Å²) >= 11 is 0. The van der Waals surface area contributed by atoms with Gasteiger partial charge in [-0.25, -0.2) is 0 Å². The molecule has 3 nitrogen and oxygen atoms in total. The van der Waals surface area contributed by atoms with Gasteiger partial charge in [-0.1, -0.05) is 56.5 Å². The molecule has 0 bridgehead atoms. The van der Waals surface area contributed by atoms with Crippen molar-refractivity contribution < 1.29 is 14.6 Å². The molecule has 0 spiro atoms. The van der Waals surface area contributed by atoms with E-state index in [1.165, 1.54) is 31.4 Å². The first kappa shape index (κ1) is 17.8. The van der Waals surface area contributed by atoms with Gasteiger partial charge in [-0.15, -0.1) is 0 Å². The number of carbonyl (C=O) groups excluding carboxylic acids is 1. The lowest BCUT2D eigenvalue weighted by molar-refractivity contribution is 0.104. The smallest absolute Gasteiger partial charge is 0.189 e. The number of unbranched alkanes of at least 4 members (excludes halogenated alkanes) is 3. The molecule has 0 heterocycles. The summed E-state index contributed by atoms with van der Waals surface area (Å²) < 4.78 is 5.69. The Kier molecular flexibility index (Phi) is 7.09. The summed E-state index contributed by atoms with van der Waals surface area (Å²) in [7, 11) is 0. The lowest BCUT2D eigenvalue weighted by atomic mass is 10.1. The zero-order valence-corrected chi connectivity index (χ0v) is 14.1. The third-order valence-corrected chi connectivity index (χ3v) is 3.74. The summed E-state index contributed by atoms with van der Waals surface area (Å²) in [6.07, 6.45) is 7.95. The molecule has 0 unspecified atom stereocenters. The van der Waals surface area contributed by atoms with Gasteiger partial charge in [-0.2, -0.15) is 0 Å². The fourth-order valence-corrected chi connectivity index (χ4v) is 2.34. The average molecular weight is 324 g/mol. The molecular weight excluding hydrogens is 300 g/mol. The van der Waals surface area contributed by atoms with Crippen molar-refractivity contribution in [2.45, 2.75) is 32.6 Å². The van der Waals surface area contributed by atoms with Crippen LogP contribution in [0.15, 0.2) is 54.6 Å². The minimum Gasteiger partial charge on any atom is -0.507 e. The molecular formula is C21H24O3. The van der Waals surface area contributed by atoms with Crippen molar-refractivity contribution in [2.75, 3.05) is 6.61 Å². The van der Waals surface area contributed by atoms with Crippen LogP contribution in [0.3, 0.4) is 0 Å². The summed E-state index contributed by atoms with van der Waals surface area (Å²) in [5.41, 5.74) is 1.22. The number of allylic oxidation sites excluding steroid dienone is 1. The van der Waals surface area contributed by atoms with Crippen LogP contribution in [0, 0.1) is 0 Å². The number of hydrogen-bond acceptors (Lipinski definition) is 3. The molecule has 0 radical (unpaired) electrons. The summed E-state index contributed by atoms with van der Waals surface area (Å²) in [5, 5.41) is 9.68. The van der Waals surface area contributed by atoms with Gasteiger partial charge in [-0.3, -0.25) is 4.79 Å². The van der Waals surface area contributed by atoms with Gasteiger partial charge in [0.05, 0.1) is 12.2 Å². The monoisotopic (exact) mass is 324 g/mol. The van der Waals surface area contributed by atoms with Crippen LogP contribution in [0.5, 0.6) is 11.5 Å². The molecule has 0 aliphatic rings. The second kappa shape index (κ2) is 9.56. The Morgan fingerprint density at radius 2 is 1.79 bits per heavy atom. The number of phenolic OH excluding ortho intramolecular Hbond substituents is 1. The normalized spacial score (nSPS) is 10.9. The van der Waals surface area contributed by atoms with Crippen LogP contribution in [0.25, 0.3) is 6.08 Å².